The van der Waals surface area contributed by atoms with Crippen LogP contribution in [0.1, 0.15) is 5.56 Å². The zero-order valence-corrected chi connectivity index (χ0v) is 18.4. The Balaban J connectivity index is 1.90. The van der Waals surface area contributed by atoms with Gasteiger partial charge in [0.2, 0.25) is 0 Å². The van der Waals surface area contributed by atoms with Crippen LogP contribution in [0.2, 0.25) is 0 Å². The van der Waals surface area contributed by atoms with Crippen molar-refractivity contribution in [3.05, 3.63) is 53.6 Å². The minimum Gasteiger partial charge on any atom is -0.497 e. The van der Waals surface area contributed by atoms with Crippen LogP contribution >= 0.6 is 12.2 Å². The standard InChI is InChI=1S/C22H20N2O7S/c1-28-15-7-5-14(6-8-15)24-21(27)16(20(26)23-22(24)32)10-13-4-9-17(18(11-13)29-2)31-12-19(25)30-3/h4-11H,12H2,1-3H3,(H,23,26,32). The molecule has 1 aliphatic heterocycles. The number of rotatable bonds is 7. The Morgan fingerprint density at radius 2 is 1.75 bits per heavy atom. The fourth-order valence-electron chi connectivity index (χ4n) is 2.88. The van der Waals surface area contributed by atoms with Crippen molar-refractivity contribution in [2.24, 2.45) is 0 Å². The van der Waals surface area contributed by atoms with E-state index in [1.54, 1.807) is 42.5 Å². The van der Waals surface area contributed by atoms with Gasteiger partial charge in [0.25, 0.3) is 11.8 Å². The number of carbonyl (C=O) groups excluding carboxylic acids is 3. The molecule has 0 aromatic heterocycles. The van der Waals surface area contributed by atoms with Crippen LogP contribution in [0.25, 0.3) is 6.08 Å². The Bertz CT molecular complexity index is 1100. The predicted octanol–water partition coefficient (Wildman–Crippen LogP) is 2.09. The number of hydrogen-bond donors (Lipinski definition) is 1. The lowest BCUT2D eigenvalue weighted by atomic mass is 10.1. The zero-order chi connectivity index (χ0) is 23.3. The van der Waals surface area contributed by atoms with Gasteiger partial charge in [-0.15, -0.1) is 0 Å². The molecule has 1 fully saturated rings. The molecular weight excluding hydrogens is 436 g/mol. The average molecular weight is 456 g/mol. The molecule has 0 radical (unpaired) electrons. The Labute approximate surface area is 189 Å². The minimum atomic E-state index is -0.616. The van der Waals surface area contributed by atoms with E-state index in [1.807, 2.05) is 0 Å². The topological polar surface area (TPSA) is 103 Å². The number of esters is 1. The van der Waals surface area contributed by atoms with Crippen LogP contribution in [-0.4, -0.2) is 50.8 Å². The largest absolute Gasteiger partial charge is 0.497 e. The molecule has 9 nitrogen and oxygen atoms in total. The smallest absolute Gasteiger partial charge is 0.343 e. The second kappa shape index (κ2) is 9.92. The Kier molecular flexibility index (Phi) is 7.06. The molecule has 0 saturated carbocycles. The number of nitrogens with one attached hydrogen (secondary N) is 1. The maximum Gasteiger partial charge on any atom is 0.343 e. The predicted molar refractivity (Wildman–Crippen MR) is 120 cm³/mol. The van der Waals surface area contributed by atoms with Crippen LogP contribution in [-0.2, 0) is 19.1 Å². The lowest BCUT2D eigenvalue weighted by molar-refractivity contribution is -0.143. The third kappa shape index (κ3) is 4.86. The quantitative estimate of drug-likeness (QED) is 0.292. The summed E-state index contributed by atoms with van der Waals surface area (Å²) in [6.45, 7) is -0.289. The molecule has 1 aliphatic rings. The molecular formula is C22H20N2O7S. The van der Waals surface area contributed by atoms with Crippen molar-refractivity contribution in [1.82, 2.24) is 5.32 Å². The Morgan fingerprint density at radius 3 is 2.38 bits per heavy atom. The molecule has 3 rings (SSSR count). The molecule has 0 unspecified atom stereocenters. The number of hydrogen-bond acceptors (Lipinski definition) is 8. The number of benzene rings is 2. The number of anilines is 1. The SMILES string of the molecule is COC(=O)COc1ccc(C=C2C(=O)NC(=S)N(c3ccc(OC)cc3)C2=O)cc1OC. The molecule has 1 N–H and O–H groups in total. The van der Waals surface area contributed by atoms with Crippen molar-refractivity contribution >= 4 is 46.9 Å². The summed E-state index contributed by atoms with van der Waals surface area (Å²) < 4.78 is 20.3. The van der Waals surface area contributed by atoms with Crippen molar-refractivity contribution in [3.8, 4) is 17.2 Å². The van der Waals surface area contributed by atoms with E-state index in [4.69, 9.17) is 26.4 Å². The Morgan fingerprint density at radius 1 is 1.03 bits per heavy atom. The summed E-state index contributed by atoms with van der Waals surface area (Å²) in [5, 5.41) is 2.51. The van der Waals surface area contributed by atoms with E-state index < -0.39 is 17.8 Å². The van der Waals surface area contributed by atoms with E-state index in [2.05, 4.69) is 10.1 Å². The molecule has 1 heterocycles. The number of amides is 2. The van der Waals surface area contributed by atoms with Crippen molar-refractivity contribution < 1.29 is 33.3 Å². The third-order valence-corrected chi connectivity index (χ3v) is 4.79. The van der Waals surface area contributed by atoms with E-state index in [1.165, 1.54) is 32.3 Å². The second-order valence-electron chi connectivity index (χ2n) is 6.43. The maximum absolute atomic E-state index is 13.1. The monoisotopic (exact) mass is 456 g/mol. The van der Waals surface area contributed by atoms with Crippen LogP contribution in [0.15, 0.2) is 48.0 Å². The molecule has 10 heteroatoms. The summed E-state index contributed by atoms with van der Waals surface area (Å²) >= 11 is 5.20. The van der Waals surface area contributed by atoms with Gasteiger partial charge in [0, 0.05) is 0 Å². The molecule has 166 valence electrons. The van der Waals surface area contributed by atoms with E-state index >= 15 is 0 Å². The fraction of sp³-hybridized carbons (Fsp3) is 0.182. The minimum absolute atomic E-state index is 0.0218. The highest BCUT2D eigenvalue weighted by atomic mass is 32.1. The number of ether oxygens (including phenoxy) is 4. The molecule has 1 saturated heterocycles. The van der Waals surface area contributed by atoms with Crippen LogP contribution in [0.4, 0.5) is 5.69 Å². The zero-order valence-electron chi connectivity index (χ0n) is 17.5. The normalized spacial score (nSPS) is 14.8. The molecule has 32 heavy (non-hydrogen) atoms. The first kappa shape index (κ1) is 22.8. The number of nitrogens with zero attached hydrogens (tertiary/aromatic N) is 1. The van der Waals surface area contributed by atoms with Crippen LogP contribution < -0.4 is 24.4 Å². The lowest BCUT2D eigenvalue weighted by Crippen LogP contribution is -2.54. The molecule has 2 aromatic rings. The first-order chi connectivity index (χ1) is 15.4. The van der Waals surface area contributed by atoms with Crippen molar-refractivity contribution in [2.45, 2.75) is 0 Å². The molecule has 0 spiro atoms. The van der Waals surface area contributed by atoms with Gasteiger partial charge >= 0.3 is 5.97 Å². The van der Waals surface area contributed by atoms with Crippen LogP contribution in [0, 0.1) is 0 Å². The van der Waals surface area contributed by atoms with Gasteiger partial charge in [-0.25, -0.2) is 4.79 Å². The molecule has 2 aromatic carbocycles. The van der Waals surface area contributed by atoms with E-state index in [9.17, 15) is 14.4 Å². The van der Waals surface area contributed by atoms with Crippen molar-refractivity contribution in [3.63, 3.8) is 0 Å². The van der Waals surface area contributed by atoms with Gasteiger partial charge in [-0.3, -0.25) is 19.8 Å². The van der Waals surface area contributed by atoms with Gasteiger partial charge in [0.1, 0.15) is 11.3 Å². The van der Waals surface area contributed by atoms with Gasteiger partial charge in [-0.1, -0.05) is 6.07 Å². The lowest BCUT2D eigenvalue weighted by Gasteiger charge is -2.29. The summed E-state index contributed by atoms with van der Waals surface area (Å²) in [6.07, 6.45) is 1.42. The molecule has 0 atom stereocenters. The maximum atomic E-state index is 13.1. The van der Waals surface area contributed by atoms with Gasteiger partial charge < -0.3 is 18.9 Å². The Hall–Kier alpha value is -3.92. The van der Waals surface area contributed by atoms with E-state index in [-0.39, 0.29) is 17.3 Å². The number of thiocarbonyl (C=S) groups is 1. The number of methoxy groups -OCH3 is 3. The highest BCUT2D eigenvalue weighted by molar-refractivity contribution is 7.80. The average Bonchev–Trinajstić information content (AvgIpc) is 2.80. The van der Waals surface area contributed by atoms with Gasteiger partial charge in [-0.05, 0) is 60.3 Å². The van der Waals surface area contributed by atoms with Gasteiger partial charge in [0.05, 0.1) is 27.0 Å². The van der Waals surface area contributed by atoms with E-state index in [0.29, 0.717) is 28.5 Å². The summed E-state index contributed by atoms with van der Waals surface area (Å²) in [7, 11) is 4.22. The third-order valence-electron chi connectivity index (χ3n) is 4.50. The first-order valence-electron chi connectivity index (χ1n) is 9.31. The summed E-state index contributed by atoms with van der Waals surface area (Å²) in [4.78, 5) is 38.1. The highest BCUT2D eigenvalue weighted by Crippen LogP contribution is 2.30. The first-order valence-corrected chi connectivity index (χ1v) is 9.72. The van der Waals surface area contributed by atoms with Crippen molar-refractivity contribution in [1.29, 1.82) is 0 Å². The summed E-state index contributed by atoms with van der Waals surface area (Å²) in [6, 6.07) is 11.4. The summed E-state index contributed by atoms with van der Waals surface area (Å²) in [5.41, 5.74) is 0.879. The van der Waals surface area contributed by atoms with Gasteiger partial charge in [0.15, 0.2) is 23.2 Å². The number of carbonyl (C=O) groups is 3. The highest BCUT2D eigenvalue weighted by Gasteiger charge is 2.34. The van der Waals surface area contributed by atoms with Gasteiger partial charge in [-0.2, -0.15) is 0 Å². The fourth-order valence-corrected chi connectivity index (χ4v) is 3.16. The van der Waals surface area contributed by atoms with E-state index in [0.717, 1.165) is 0 Å². The molecule has 0 aliphatic carbocycles. The van der Waals surface area contributed by atoms with Crippen LogP contribution in [0.5, 0.6) is 17.2 Å². The molecule has 2 amide bonds. The van der Waals surface area contributed by atoms with Crippen molar-refractivity contribution in [2.75, 3.05) is 32.8 Å². The second-order valence-corrected chi connectivity index (χ2v) is 6.82. The molecule has 0 bridgehead atoms. The summed E-state index contributed by atoms with van der Waals surface area (Å²) in [5.74, 6) is -0.499. The van der Waals surface area contributed by atoms with Crippen LogP contribution in [0.3, 0.4) is 0 Å².